The van der Waals surface area contributed by atoms with Crippen LogP contribution in [0.15, 0.2) is 12.3 Å². The van der Waals surface area contributed by atoms with Crippen molar-refractivity contribution in [1.29, 1.82) is 0 Å². The summed E-state index contributed by atoms with van der Waals surface area (Å²) < 4.78 is 4.58. The van der Waals surface area contributed by atoms with Crippen LogP contribution < -0.4 is 0 Å². The average Bonchev–Trinajstić information content (AvgIpc) is 2.26. The number of carbonyl (C=O) groups excluding carboxylic acids is 1. The standard InChI is InChI=1S/C12H15NO3Si/c1-16-12(15)10-7-9(11(14)13-8-10)5-6-17(2,3)4/h7-8H,1-4H3,(H,13,14). The van der Waals surface area contributed by atoms with Crippen LogP contribution in [0.25, 0.3) is 0 Å². The zero-order chi connectivity index (χ0) is 13.1. The zero-order valence-corrected chi connectivity index (χ0v) is 11.4. The fraction of sp³-hybridized carbons (Fsp3) is 0.333. The minimum absolute atomic E-state index is 0.164. The lowest BCUT2D eigenvalue weighted by atomic mass is 10.2. The minimum Gasteiger partial charge on any atom is -0.492 e. The number of pyridine rings is 1. The maximum Gasteiger partial charge on any atom is 0.339 e. The van der Waals surface area contributed by atoms with E-state index in [0.29, 0.717) is 5.56 Å². The second-order valence-corrected chi connectivity index (χ2v) is 9.34. The van der Waals surface area contributed by atoms with E-state index in [1.807, 2.05) is 0 Å². The smallest absolute Gasteiger partial charge is 0.339 e. The van der Waals surface area contributed by atoms with E-state index < -0.39 is 14.0 Å². The predicted octanol–water partition coefficient (Wildman–Crippen LogP) is 1.80. The Kier molecular flexibility index (Phi) is 3.92. The van der Waals surface area contributed by atoms with Crippen LogP contribution in [0, 0.1) is 11.5 Å². The number of aromatic nitrogens is 1. The largest absolute Gasteiger partial charge is 0.492 e. The molecule has 1 N–H and O–H groups in total. The molecule has 0 saturated heterocycles. The van der Waals surface area contributed by atoms with Gasteiger partial charge in [0, 0.05) is 6.20 Å². The molecular weight excluding hydrogens is 234 g/mol. The molecule has 17 heavy (non-hydrogen) atoms. The summed E-state index contributed by atoms with van der Waals surface area (Å²) in [7, 11) is -0.238. The first-order valence-corrected chi connectivity index (χ1v) is 8.64. The van der Waals surface area contributed by atoms with Gasteiger partial charge in [-0.2, -0.15) is 0 Å². The molecule has 0 atom stereocenters. The van der Waals surface area contributed by atoms with Crippen molar-refractivity contribution < 1.29 is 14.6 Å². The van der Waals surface area contributed by atoms with Crippen LogP contribution in [0.4, 0.5) is 0 Å². The summed E-state index contributed by atoms with van der Waals surface area (Å²) in [5.74, 6) is 2.21. The molecule has 0 saturated carbocycles. The van der Waals surface area contributed by atoms with Gasteiger partial charge in [0.15, 0.2) is 0 Å². The van der Waals surface area contributed by atoms with E-state index in [-0.39, 0.29) is 11.4 Å². The van der Waals surface area contributed by atoms with E-state index >= 15 is 0 Å². The molecule has 0 fully saturated rings. The molecule has 0 amide bonds. The molecule has 0 aromatic carbocycles. The van der Waals surface area contributed by atoms with Gasteiger partial charge in [-0.1, -0.05) is 25.6 Å². The van der Waals surface area contributed by atoms with E-state index in [4.69, 9.17) is 0 Å². The van der Waals surface area contributed by atoms with Crippen LogP contribution in [-0.2, 0) is 4.74 Å². The van der Waals surface area contributed by atoms with Crippen LogP contribution in [-0.4, -0.2) is 31.2 Å². The number of nitrogens with zero attached hydrogens (tertiary/aromatic N) is 1. The lowest BCUT2D eigenvalue weighted by Gasteiger charge is -2.04. The van der Waals surface area contributed by atoms with Gasteiger partial charge in [0.1, 0.15) is 8.07 Å². The van der Waals surface area contributed by atoms with E-state index in [0.717, 1.165) is 0 Å². The van der Waals surface area contributed by atoms with Crippen molar-refractivity contribution in [3.8, 4) is 17.3 Å². The number of ether oxygens (including phenoxy) is 1. The quantitative estimate of drug-likeness (QED) is 0.468. The molecule has 0 radical (unpaired) electrons. The number of rotatable bonds is 1. The summed E-state index contributed by atoms with van der Waals surface area (Å²) in [5.41, 5.74) is 3.74. The van der Waals surface area contributed by atoms with Crippen LogP contribution >= 0.6 is 0 Å². The topological polar surface area (TPSA) is 59.4 Å². The van der Waals surface area contributed by atoms with Crippen molar-refractivity contribution in [3.63, 3.8) is 0 Å². The van der Waals surface area contributed by atoms with E-state index in [9.17, 15) is 9.90 Å². The Morgan fingerprint density at radius 3 is 2.65 bits per heavy atom. The van der Waals surface area contributed by atoms with Gasteiger partial charge < -0.3 is 9.84 Å². The molecule has 4 nitrogen and oxygen atoms in total. The third kappa shape index (κ3) is 3.92. The summed E-state index contributed by atoms with van der Waals surface area (Å²) in [6, 6.07) is 1.49. The number of esters is 1. The van der Waals surface area contributed by atoms with Gasteiger partial charge in [-0.05, 0) is 6.07 Å². The third-order valence-corrected chi connectivity index (χ3v) is 2.73. The van der Waals surface area contributed by atoms with Crippen molar-refractivity contribution >= 4 is 14.0 Å². The maximum atomic E-state index is 11.3. The van der Waals surface area contributed by atoms with Gasteiger partial charge in [0.25, 0.3) is 0 Å². The average molecular weight is 249 g/mol. The third-order valence-electron chi connectivity index (χ3n) is 1.86. The minimum atomic E-state index is -1.53. The number of aromatic hydroxyl groups is 1. The van der Waals surface area contributed by atoms with Crippen LogP contribution in [0.1, 0.15) is 15.9 Å². The van der Waals surface area contributed by atoms with Gasteiger partial charge in [-0.3, -0.25) is 0 Å². The number of hydrogen-bond acceptors (Lipinski definition) is 4. The SMILES string of the molecule is COC(=O)c1cnc(O)c(C#C[Si](C)(C)C)c1. The molecule has 0 spiro atoms. The van der Waals surface area contributed by atoms with Gasteiger partial charge in [0.05, 0.1) is 18.2 Å². The highest BCUT2D eigenvalue weighted by Crippen LogP contribution is 2.14. The van der Waals surface area contributed by atoms with Gasteiger partial charge in [0.2, 0.25) is 5.88 Å². The van der Waals surface area contributed by atoms with Gasteiger partial charge in [-0.25, -0.2) is 9.78 Å². The molecule has 0 bridgehead atoms. The molecule has 0 unspecified atom stereocenters. The lowest BCUT2D eigenvalue weighted by molar-refractivity contribution is 0.0600. The fourth-order valence-corrected chi connectivity index (χ4v) is 1.54. The first-order valence-electron chi connectivity index (χ1n) is 5.14. The van der Waals surface area contributed by atoms with E-state index in [1.54, 1.807) is 0 Å². The van der Waals surface area contributed by atoms with Gasteiger partial charge in [-0.15, -0.1) is 5.54 Å². The van der Waals surface area contributed by atoms with E-state index in [2.05, 4.69) is 40.8 Å². The molecule has 1 aromatic rings. The summed E-state index contributed by atoms with van der Waals surface area (Å²) in [5, 5.41) is 9.54. The van der Waals surface area contributed by atoms with Crippen LogP contribution in [0.2, 0.25) is 19.6 Å². The molecule has 1 aromatic heterocycles. The summed E-state index contributed by atoms with van der Waals surface area (Å²) in [6.45, 7) is 6.28. The first-order chi connectivity index (χ1) is 7.83. The van der Waals surface area contributed by atoms with Crippen molar-refractivity contribution in [2.24, 2.45) is 0 Å². The summed E-state index contributed by atoms with van der Waals surface area (Å²) in [4.78, 5) is 15.0. The number of methoxy groups -OCH3 is 1. The zero-order valence-electron chi connectivity index (χ0n) is 10.4. The first kappa shape index (κ1) is 13.3. The van der Waals surface area contributed by atoms with Gasteiger partial charge >= 0.3 is 5.97 Å². The molecule has 1 rings (SSSR count). The monoisotopic (exact) mass is 249 g/mol. The fourth-order valence-electron chi connectivity index (χ4n) is 1.03. The lowest BCUT2D eigenvalue weighted by Crippen LogP contribution is -2.16. The highest BCUT2D eigenvalue weighted by molar-refractivity contribution is 6.83. The molecule has 5 heteroatoms. The number of carbonyl (C=O) groups is 1. The highest BCUT2D eigenvalue weighted by Gasteiger charge is 2.11. The Bertz CT molecular complexity index is 495. The van der Waals surface area contributed by atoms with Crippen molar-refractivity contribution in [3.05, 3.63) is 23.4 Å². The number of hydrogen-bond donors (Lipinski definition) is 1. The maximum absolute atomic E-state index is 11.3. The summed E-state index contributed by atoms with van der Waals surface area (Å²) in [6.07, 6.45) is 1.26. The van der Waals surface area contributed by atoms with Crippen LogP contribution in [0.3, 0.4) is 0 Å². The Labute approximate surface area is 102 Å². The van der Waals surface area contributed by atoms with Crippen molar-refractivity contribution in [2.75, 3.05) is 7.11 Å². The molecule has 0 aliphatic rings. The summed E-state index contributed by atoms with van der Waals surface area (Å²) >= 11 is 0. The Hall–Kier alpha value is -1.80. The molecule has 0 aliphatic heterocycles. The van der Waals surface area contributed by atoms with Crippen molar-refractivity contribution in [1.82, 2.24) is 4.98 Å². The Morgan fingerprint density at radius 2 is 2.12 bits per heavy atom. The van der Waals surface area contributed by atoms with Crippen molar-refractivity contribution in [2.45, 2.75) is 19.6 Å². The second kappa shape index (κ2) is 5.02. The predicted molar refractivity (Wildman–Crippen MR) is 67.5 cm³/mol. The molecule has 0 aliphatic carbocycles. The Morgan fingerprint density at radius 1 is 1.47 bits per heavy atom. The van der Waals surface area contributed by atoms with Crippen LogP contribution in [0.5, 0.6) is 5.88 Å². The van der Waals surface area contributed by atoms with E-state index in [1.165, 1.54) is 19.4 Å². The second-order valence-electron chi connectivity index (χ2n) is 4.59. The molecule has 90 valence electrons. The normalized spacial score (nSPS) is 10.4. The Balaban J connectivity index is 3.14. The molecule has 1 heterocycles. The highest BCUT2D eigenvalue weighted by atomic mass is 28.3. The molecular formula is C12H15NO3Si.